The average molecular weight is 540 g/mol. The van der Waals surface area contributed by atoms with E-state index in [2.05, 4.69) is 15.3 Å². The average Bonchev–Trinajstić information content (AvgIpc) is 3.29. The van der Waals surface area contributed by atoms with Gasteiger partial charge < -0.3 is 15.2 Å². The fraction of sp³-hybridized carbons (Fsp3) is 0.0870. The molecule has 37 heavy (non-hydrogen) atoms. The largest absolute Gasteiger partial charge is 0.507 e. The van der Waals surface area contributed by atoms with Crippen LogP contribution in [0.4, 0.5) is 22.7 Å². The van der Waals surface area contributed by atoms with Crippen LogP contribution in [0.25, 0.3) is 10.2 Å². The number of hydrogen-bond donors (Lipinski definition) is 2. The van der Waals surface area contributed by atoms with Crippen LogP contribution in [0.1, 0.15) is 5.56 Å². The first-order chi connectivity index (χ1) is 17.7. The third-order valence-corrected chi connectivity index (χ3v) is 7.09. The predicted molar refractivity (Wildman–Crippen MR) is 141 cm³/mol. The predicted octanol–water partition coefficient (Wildman–Crippen LogP) is 5.31. The number of non-ortho nitro benzene ring substituents is 1. The van der Waals surface area contributed by atoms with Gasteiger partial charge in [-0.2, -0.15) is 0 Å². The normalized spacial score (nSPS) is 11.1. The Labute approximate surface area is 216 Å². The number of ether oxygens (including phenoxy) is 1. The lowest BCUT2D eigenvalue weighted by Gasteiger charge is -2.07. The topological polar surface area (TPSA) is 170 Å². The van der Waals surface area contributed by atoms with Gasteiger partial charge in [0.15, 0.2) is 4.34 Å². The van der Waals surface area contributed by atoms with Crippen LogP contribution in [0.3, 0.4) is 0 Å². The molecule has 2 N–H and O–H groups in total. The number of amides is 1. The molecule has 1 aromatic heterocycles. The number of fused-ring (bicyclic) bond motifs is 1. The van der Waals surface area contributed by atoms with Crippen LogP contribution >= 0.6 is 23.1 Å². The fourth-order valence-electron chi connectivity index (χ4n) is 3.15. The second-order valence-corrected chi connectivity index (χ2v) is 9.62. The lowest BCUT2D eigenvalue weighted by Crippen LogP contribution is -2.15. The molecule has 0 saturated carbocycles. The van der Waals surface area contributed by atoms with E-state index in [9.17, 15) is 30.1 Å². The fourth-order valence-corrected chi connectivity index (χ4v) is 5.05. The number of hydrogen-bond acceptors (Lipinski definition) is 11. The molecule has 0 aliphatic rings. The van der Waals surface area contributed by atoms with Gasteiger partial charge in [-0.3, -0.25) is 30.0 Å². The number of thioether (sulfide) groups is 1. The molecule has 0 fully saturated rings. The second-order valence-electron chi connectivity index (χ2n) is 7.37. The zero-order chi connectivity index (χ0) is 26.5. The monoisotopic (exact) mass is 539 g/mol. The van der Waals surface area contributed by atoms with Gasteiger partial charge in [0.1, 0.15) is 17.2 Å². The Balaban J connectivity index is 1.43. The molecule has 14 heteroatoms. The number of rotatable bonds is 9. The van der Waals surface area contributed by atoms with E-state index in [-0.39, 0.29) is 34.1 Å². The highest BCUT2D eigenvalue weighted by Gasteiger charge is 2.18. The van der Waals surface area contributed by atoms with E-state index < -0.39 is 15.8 Å². The minimum Gasteiger partial charge on any atom is -0.507 e. The van der Waals surface area contributed by atoms with Crippen molar-refractivity contribution >= 4 is 68.2 Å². The summed E-state index contributed by atoms with van der Waals surface area (Å²) >= 11 is 2.52. The molecule has 0 aliphatic heterocycles. The molecule has 1 heterocycles. The maximum Gasteiger partial charge on any atom is 0.296 e. The van der Waals surface area contributed by atoms with E-state index in [1.54, 1.807) is 18.2 Å². The van der Waals surface area contributed by atoms with Gasteiger partial charge in [-0.25, -0.2) is 4.98 Å². The molecule has 12 nitrogen and oxygen atoms in total. The molecular formula is C23H17N5O7S2. The number of nitro benzene ring substituents is 2. The highest BCUT2D eigenvalue weighted by atomic mass is 32.2. The summed E-state index contributed by atoms with van der Waals surface area (Å²) in [4.78, 5) is 42.3. The number of nitrogens with zero attached hydrogens (tertiary/aromatic N) is 4. The van der Waals surface area contributed by atoms with Gasteiger partial charge in [0.25, 0.3) is 11.4 Å². The van der Waals surface area contributed by atoms with Crippen LogP contribution < -0.4 is 10.1 Å². The molecule has 0 aliphatic carbocycles. The number of thiazole rings is 1. The second kappa shape index (κ2) is 11.0. The van der Waals surface area contributed by atoms with Crippen molar-refractivity contribution in [2.75, 3.05) is 18.2 Å². The number of carbonyl (C=O) groups is 1. The van der Waals surface area contributed by atoms with Gasteiger partial charge in [0.05, 0.1) is 44.7 Å². The first-order valence-corrected chi connectivity index (χ1v) is 12.2. The summed E-state index contributed by atoms with van der Waals surface area (Å²) in [6, 6.07) is 13.0. The van der Waals surface area contributed by atoms with Gasteiger partial charge in [-0.05, 0) is 36.4 Å². The first-order valence-electron chi connectivity index (χ1n) is 10.4. The molecule has 4 rings (SSSR count). The number of nitro groups is 2. The van der Waals surface area contributed by atoms with E-state index in [1.807, 2.05) is 0 Å². The van der Waals surface area contributed by atoms with Crippen LogP contribution in [-0.2, 0) is 4.79 Å². The number of benzene rings is 3. The van der Waals surface area contributed by atoms with Gasteiger partial charge >= 0.3 is 0 Å². The Morgan fingerprint density at radius 3 is 2.70 bits per heavy atom. The Bertz CT molecular complexity index is 1550. The van der Waals surface area contributed by atoms with Gasteiger partial charge in [0.2, 0.25) is 5.91 Å². The molecule has 1 amide bonds. The van der Waals surface area contributed by atoms with Crippen molar-refractivity contribution in [1.29, 1.82) is 0 Å². The summed E-state index contributed by atoms with van der Waals surface area (Å²) in [5.41, 5.74) is 1.07. The van der Waals surface area contributed by atoms with Gasteiger partial charge in [-0.15, -0.1) is 11.3 Å². The maximum absolute atomic E-state index is 12.4. The Morgan fingerprint density at radius 1 is 1.16 bits per heavy atom. The number of methoxy groups -OCH3 is 1. The van der Waals surface area contributed by atoms with Crippen LogP contribution in [-0.4, -0.2) is 44.9 Å². The zero-order valence-electron chi connectivity index (χ0n) is 19.0. The van der Waals surface area contributed by atoms with Crippen LogP contribution in [0.5, 0.6) is 11.5 Å². The SMILES string of the molecule is COc1ccc(NC(=O)CSc2nc3ccc(N=Cc4cc([N+](=O)[O-])ccc4O)cc3s2)c([N+](=O)[O-])c1. The number of nitrogens with one attached hydrogen (secondary N) is 1. The number of phenols is 1. The lowest BCUT2D eigenvalue weighted by molar-refractivity contribution is -0.384. The number of aromatic hydroxyl groups is 1. The van der Waals surface area contributed by atoms with E-state index in [4.69, 9.17) is 4.74 Å². The number of carbonyl (C=O) groups excluding carboxylic acids is 1. The Morgan fingerprint density at radius 2 is 1.97 bits per heavy atom. The molecule has 0 unspecified atom stereocenters. The van der Waals surface area contributed by atoms with Crippen molar-refractivity contribution < 1.29 is 24.5 Å². The van der Waals surface area contributed by atoms with Crippen LogP contribution in [0.2, 0.25) is 0 Å². The summed E-state index contributed by atoms with van der Waals surface area (Å²) < 4.78 is 6.41. The van der Waals surface area contributed by atoms with Crippen molar-refractivity contribution in [2.45, 2.75) is 4.34 Å². The molecule has 188 valence electrons. The van der Waals surface area contributed by atoms with E-state index in [1.165, 1.54) is 72.8 Å². The molecule has 0 radical (unpaired) electrons. The Kier molecular flexibility index (Phi) is 7.60. The van der Waals surface area contributed by atoms with Crippen LogP contribution in [0, 0.1) is 20.2 Å². The Hall–Kier alpha value is -4.56. The van der Waals surface area contributed by atoms with Crippen molar-refractivity contribution in [3.8, 4) is 11.5 Å². The number of phenolic OH excluding ortho intramolecular Hbond substituents is 1. The minimum absolute atomic E-state index is 0.0138. The highest BCUT2D eigenvalue weighted by Crippen LogP contribution is 2.33. The molecule has 0 bridgehead atoms. The summed E-state index contributed by atoms with van der Waals surface area (Å²) in [5.74, 6) is -0.274. The smallest absolute Gasteiger partial charge is 0.296 e. The maximum atomic E-state index is 12.4. The van der Waals surface area contributed by atoms with Gasteiger partial charge in [0, 0.05) is 23.9 Å². The quantitative estimate of drug-likeness (QED) is 0.124. The van der Waals surface area contributed by atoms with Crippen molar-refractivity contribution in [1.82, 2.24) is 4.98 Å². The molecular weight excluding hydrogens is 522 g/mol. The standard InChI is InChI=1S/C23H17N5O7S2/c1-35-16-4-6-17(19(10-16)28(33)34)25-22(30)12-36-23-26-18-5-2-14(9-21(18)37-23)24-11-13-8-15(27(31)32)3-7-20(13)29/h2-11,29H,12H2,1H3,(H,25,30). The van der Waals surface area contributed by atoms with E-state index >= 15 is 0 Å². The van der Waals surface area contributed by atoms with E-state index in [0.29, 0.717) is 21.3 Å². The summed E-state index contributed by atoms with van der Waals surface area (Å²) in [6.45, 7) is 0. The summed E-state index contributed by atoms with van der Waals surface area (Å²) in [5, 5.41) is 34.7. The third kappa shape index (κ3) is 6.17. The molecule has 4 aromatic rings. The van der Waals surface area contributed by atoms with Crippen molar-refractivity contribution in [3.63, 3.8) is 0 Å². The first kappa shape index (κ1) is 25.5. The van der Waals surface area contributed by atoms with Crippen LogP contribution in [0.15, 0.2) is 63.9 Å². The zero-order valence-corrected chi connectivity index (χ0v) is 20.6. The third-order valence-electron chi connectivity index (χ3n) is 4.93. The van der Waals surface area contributed by atoms with Crippen molar-refractivity contribution in [3.05, 3.63) is 80.4 Å². The lowest BCUT2D eigenvalue weighted by atomic mass is 10.2. The number of aliphatic imine (C=N–C) groups is 1. The molecule has 3 aromatic carbocycles. The summed E-state index contributed by atoms with van der Waals surface area (Å²) in [6.07, 6.45) is 1.34. The number of aromatic nitrogens is 1. The number of anilines is 1. The van der Waals surface area contributed by atoms with E-state index in [0.717, 1.165) is 4.70 Å². The van der Waals surface area contributed by atoms with Crippen molar-refractivity contribution in [2.24, 2.45) is 4.99 Å². The highest BCUT2D eigenvalue weighted by molar-refractivity contribution is 8.01. The summed E-state index contributed by atoms with van der Waals surface area (Å²) in [7, 11) is 1.39. The molecule has 0 atom stereocenters. The minimum atomic E-state index is -0.598. The molecule has 0 saturated heterocycles. The van der Waals surface area contributed by atoms with Gasteiger partial charge in [-0.1, -0.05) is 11.8 Å². The molecule has 0 spiro atoms.